The van der Waals surface area contributed by atoms with Gasteiger partial charge >= 0.3 is 5.97 Å². The molecule has 0 aromatic heterocycles. The minimum Gasteiger partial charge on any atom is -0.507 e. The summed E-state index contributed by atoms with van der Waals surface area (Å²) in [7, 11) is 0. The van der Waals surface area contributed by atoms with Gasteiger partial charge < -0.3 is 9.84 Å². The molecule has 0 aliphatic carbocycles. The van der Waals surface area contributed by atoms with Gasteiger partial charge in [-0.3, -0.25) is 4.79 Å². The van der Waals surface area contributed by atoms with E-state index in [9.17, 15) is 14.7 Å². The highest BCUT2D eigenvalue weighted by Crippen LogP contribution is 2.16. The molecule has 1 N–H and O–H groups in total. The molecule has 0 spiro atoms. The summed E-state index contributed by atoms with van der Waals surface area (Å²) in [5.41, 5.74) is 0.0596. The van der Waals surface area contributed by atoms with E-state index in [-0.39, 0.29) is 17.9 Å². The van der Waals surface area contributed by atoms with Crippen molar-refractivity contribution in [2.24, 2.45) is 0 Å². The predicted octanol–water partition coefficient (Wildman–Crippen LogP) is 0.748. The largest absolute Gasteiger partial charge is 0.507 e. The van der Waals surface area contributed by atoms with Crippen LogP contribution in [0.15, 0.2) is 24.3 Å². The fourth-order valence-electron chi connectivity index (χ4n) is 0.834. The third-order valence-electron chi connectivity index (χ3n) is 1.41. The van der Waals surface area contributed by atoms with Gasteiger partial charge in [-0.15, -0.1) is 0 Å². The zero-order chi connectivity index (χ0) is 9.68. The molecule has 0 bridgehead atoms. The Kier molecular flexibility index (Phi) is 3.03. The van der Waals surface area contributed by atoms with Crippen molar-refractivity contribution >= 4 is 12.3 Å². The lowest BCUT2D eigenvalue weighted by Gasteiger charge is -2.01. The zero-order valence-electron chi connectivity index (χ0n) is 6.77. The van der Waals surface area contributed by atoms with Gasteiger partial charge in [0.05, 0.1) is 0 Å². The fraction of sp³-hybridized carbons (Fsp3) is 0.111. The van der Waals surface area contributed by atoms with Crippen molar-refractivity contribution in [3.63, 3.8) is 0 Å². The first-order valence-corrected chi connectivity index (χ1v) is 3.64. The topological polar surface area (TPSA) is 63.6 Å². The third-order valence-corrected chi connectivity index (χ3v) is 1.41. The van der Waals surface area contributed by atoms with Crippen molar-refractivity contribution < 1.29 is 19.4 Å². The molecular weight excluding hydrogens is 172 g/mol. The molecule has 0 saturated heterocycles. The van der Waals surface area contributed by atoms with E-state index in [0.717, 1.165) is 0 Å². The van der Waals surface area contributed by atoms with Gasteiger partial charge in [-0.1, -0.05) is 12.1 Å². The molecule has 4 heteroatoms. The maximum atomic E-state index is 11.1. The van der Waals surface area contributed by atoms with Crippen molar-refractivity contribution in [1.29, 1.82) is 0 Å². The van der Waals surface area contributed by atoms with Crippen LogP contribution in [0.3, 0.4) is 0 Å². The molecule has 0 aliphatic heterocycles. The molecule has 4 nitrogen and oxygen atoms in total. The summed E-state index contributed by atoms with van der Waals surface area (Å²) in [6.07, 6.45) is 0.470. The number of phenols is 1. The Hall–Kier alpha value is -1.84. The Labute approximate surface area is 74.8 Å². The van der Waals surface area contributed by atoms with Crippen LogP contribution in [0.1, 0.15) is 10.4 Å². The Bertz CT molecular complexity index is 319. The highest BCUT2D eigenvalue weighted by molar-refractivity contribution is 5.92. The van der Waals surface area contributed by atoms with E-state index in [1.165, 1.54) is 12.1 Å². The molecule has 0 fully saturated rings. The first-order valence-electron chi connectivity index (χ1n) is 3.64. The molecule has 0 atom stereocenters. The van der Waals surface area contributed by atoms with E-state index < -0.39 is 5.97 Å². The molecule has 13 heavy (non-hydrogen) atoms. The van der Waals surface area contributed by atoms with E-state index in [4.69, 9.17) is 0 Å². The minimum atomic E-state index is -0.704. The van der Waals surface area contributed by atoms with Gasteiger partial charge in [-0.2, -0.15) is 0 Å². The van der Waals surface area contributed by atoms with Crippen molar-refractivity contribution in [2.75, 3.05) is 6.61 Å². The van der Waals surface area contributed by atoms with E-state index in [1.54, 1.807) is 12.1 Å². The smallest absolute Gasteiger partial charge is 0.342 e. The van der Waals surface area contributed by atoms with E-state index >= 15 is 0 Å². The van der Waals surface area contributed by atoms with Crippen LogP contribution in [0.4, 0.5) is 0 Å². The van der Waals surface area contributed by atoms with Crippen molar-refractivity contribution in [3.05, 3.63) is 29.8 Å². The summed E-state index contributed by atoms with van der Waals surface area (Å²) in [4.78, 5) is 21.0. The third kappa shape index (κ3) is 2.30. The number of aromatic hydroxyl groups is 1. The number of hydrogen-bond donors (Lipinski definition) is 1. The molecule has 0 unspecified atom stereocenters. The average molecular weight is 180 g/mol. The van der Waals surface area contributed by atoms with Gasteiger partial charge in [0.2, 0.25) is 0 Å². The first-order chi connectivity index (χ1) is 6.25. The molecule has 1 aromatic rings. The number of carbonyl (C=O) groups excluding carboxylic acids is 2. The van der Waals surface area contributed by atoms with Crippen LogP contribution in [0.25, 0.3) is 0 Å². The van der Waals surface area contributed by atoms with Crippen molar-refractivity contribution in [2.45, 2.75) is 0 Å². The molecule has 68 valence electrons. The van der Waals surface area contributed by atoms with Crippen LogP contribution in [-0.4, -0.2) is 24.0 Å². The highest BCUT2D eigenvalue weighted by atomic mass is 16.5. The molecule has 0 aliphatic rings. The Morgan fingerprint density at radius 3 is 2.77 bits per heavy atom. The Morgan fingerprint density at radius 1 is 1.46 bits per heavy atom. The average Bonchev–Trinajstić information content (AvgIpc) is 2.15. The minimum absolute atomic E-state index is 0.0596. The number of aldehydes is 1. The lowest BCUT2D eigenvalue weighted by Crippen LogP contribution is -2.06. The SMILES string of the molecule is O=CCOC(=O)c1ccccc1O. The van der Waals surface area contributed by atoms with Gasteiger partial charge in [-0.05, 0) is 12.1 Å². The van der Waals surface area contributed by atoms with Crippen LogP contribution in [0.5, 0.6) is 5.75 Å². The molecule has 1 aromatic carbocycles. The van der Waals surface area contributed by atoms with E-state index in [0.29, 0.717) is 6.29 Å². The van der Waals surface area contributed by atoms with Crippen LogP contribution in [-0.2, 0) is 9.53 Å². The zero-order valence-corrected chi connectivity index (χ0v) is 6.77. The normalized spacial score (nSPS) is 9.23. The molecular formula is C9H8O4. The maximum Gasteiger partial charge on any atom is 0.342 e. The van der Waals surface area contributed by atoms with Crippen LogP contribution >= 0.6 is 0 Å². The monoisotopic (exact) mass is 180 g/mol. The lowest BCUT2D eigenvalue weighted by atomic mass is 10.2. The summed E-state index contributed by atoms with van der Waals surface area (Å²) in [5.74, 6) is -0.858. The molecule has 0 saturated carbocycles. The van der Waals surface area contributed by atoms with Gasteiger partial charge in [0, 0.05) is 0 Å². The number of para-hydroxylation sites is 1. The van der Waals surface area contributed by atoms with Gasteiger partial charge in [-0.25, -0.2) is 4.79 Å². The van der Waals surface area contributed by atoms with Crippen molar-refractivity contribution in [1.82, 2.24) is 0 Å². The number of ether oxygens (including phenoxy) is 1. The summed E-state index contributed by atoms with van der Waals surface area (Å²) in [5, 5.41) is 9.19. The Balaban J connectivity index is 2.76. The maximum absolute atomic E-state index is 11.1. The summed E-state index contributed by atoms with van der Waals surface area (Å²) >= 11 is 0. The predicted molar refractivity (Wildman–Crippen MR) is 44.5 cm³/mol. The molecule has 0 heterocycles. The van der Waals surface area contributed by atoms with Crippen LogP contribution in [0.2, 0.25) is 0 Å². The number of carbonyl (C=O) groups is 2. The number of esters is 1. The quantitative estimate of drug-likeness (QED) is 0.550. The summed E-state index contributed by atoms with van der Waals surface area (Å²) < 4.78 is 4.49. The summed E-state index contributed by atoms with van der Waals surface area (Å²) in [6, 6.07) is 5.98. The number of hydrogen-bond acceptors (Lipinski definition) is 4. The van der Waals surface area contributed by atoms with Crippen LogP contribution in [0, 0.1) is 0 Å². The van der Waals surface area contributed by atoms with Crippen LogP contribution < -0.4 is 0 Å². The second kappa shape index (κ2) is 4.25. The number of rotatable bonds is 3. The second-order valence-corrected chi connectivity index (χ2v) is 2.28. The van der Waals surface area contributed by atoms with E-state index in [1.807, 2.05) is 0 Å². The Morgan fingerprint density at radius 2 is 2.15 bits per heavy atom. The fourth-order valence-corrected chi connectivity index (χ4v) is 0.834. The molecule has 0 radical (unpaired) electrons. The molecule has 0 amide bonds. The first kappa shape index (κ1) is 9.25. The van der Waals surface area contributed by atoms with Gasteiger partial charge in [0.15, 0.2) is 6.29 Å². The van der Waals surface area contributed by atoms with E-state index in [2.05, 4.69) is 4.74 Å². The second-order valence-electron chi connectivity index (χ2n) is 2.28. The van der Waals surface area contributed by atoms with Gasteiger partial charge in [0.25, 0.3) is 0 Å². The molecule has 1 rings (SSSR count). The highest BCUT2D eigenvalue weighted by Gasteiger charge is 2.10. The number of benzene rings is 1. The number of phenolic OH excluding ortho intramolecular Hbond substituents is 1. The summed E-state index contributed by atoms with van der Waals surface area (Å²) in [6.45, 7) is -0.298. The standard InChI is InChI=1S/C9H8O4/c10-5-6-13-9(12)7-3-1-2-4-8(7)11/h1-5,11H,6H2. The van der Waals surface area contributed by atoms with Gasteiger partial charge in [0.1, 0.15) is 17.9 Å². The van der Waals surface area contributed by atoms with Crippen molar-refractivity contribution in [3.8, 4) is 5.75 Å². The lowest BCUT2D eigenvalue weighted by molar-refractivity contribution is -0.110.